The third kappa shape index (κ3) is 4.24. The van der Waals surface area contributed by atoms with Crippen molar-refractivity contribution in [2.24, 2.45) is 5.92 Å². The molecule has 0 radical (unpaired) electrons. The fourth-order valence-electron chi connectivity index (χ4n) is 2.08. The fourth-order valence-corrected chi connectivity index (χ4v) is 2.08. The quantitative estimate of drug-likeness (QED) is 0.908. The maximum Gasteiger partial charge on any atom is 0.229 e. The van der Waals surface area contributed by atoms with Crippen LogP contribution >= 0.6 is 0 Å². The Kier molecular flexibility index (Phi) is 4.80. The lowest BCUT2D eigenvalue weighted by molar-refractivity contribution is -0.123. The SMILES string of the molecule is CC(C)Oc1ccc(NC(=O)C2CCCOC2)cc1. The summed E-state index contributed by atoms with van der Waals surface area (Å²) in [6.07, 6.45) is 2.01. The summed E-state index contributed by atoms with van der Waals surface area (Å²) in [7, 11) is 0. The molecular weight excluding hydrogens is 242 g/mol. The van der Waals surface area contributed by atoms with Gasteiger partial charge < -0.3 is 14.8 Å². The van der Waals surface area contributed by atoms with Gasteiger partial charge in [-0.2, -0.15) is 0 Å². The van der Waals surface area contributed by atoms with Gasteiger partial charge in [0, 0.05) is 12.3 Å². The Hall–Kier alpha value is -1.55. The van der Waals surface area contributed by atoms with Crippen LogP contribution in [-0.2, 0) is 9.53 Å². The Morgan fingerprint density at radius 3 is 2.68 bits per heavy atom. The first-order chi connectivity index (χ1) is 9.15. The largest absolute Gasteiger partial charge is 0.491 e. The van der Waals surface area contributed by atoms with Gasteiger partial charge in [0.15, 0.2) is 0 Å². The van der Waals surface area contributed by atoms with Gasteiger partial charge in [-0.3, -0.25) is 4.79 Å². The minimum atomic E-state index is -0.0275. The van der Waals surface area contributed by atoms with Crippen LogP contribution in [0.25, 0.3) is 0 Å². The number of amides is 1. The van der Waals surface area contributed by atoms with Crippen LogP contribution in [0.5, 0.6) is 5.75 Å². The van der Waals surface area contributed by atoms with Gasteiger partial charge in [0.2, 0.25) is 5.91 Å². The van der Waals surface area contributed by atoms with Crippen molar-refractivity contribution in [2.45, 2.75) is 32.8 Å². The van der Waals surface area contributed by atoms with Crippen molar-refractivity contribution >= 4 is 11.6 Å². The fraction of sp³-hybridized carbons (Fsp3) is 0.533. The highest BCUT2D eigenvalue weighted by Crippen LogP contribution is 2.19. The summed E-state index contributed by atoms with van der Waals surface area (Å²) in [5.41, 5.74) is 0.798. The maximum atomic E-state index is 12.0. The number of carbonyl (C=O) groups excluding carboxylic acids is 1. The molecule has 0 bridgehead atoms. The number of hydrogen-bond donors (Lipinski definition) is 1. The number of benzene rings is 1. The van der Waals surface area contributed by atoms with E-state index in [9.17, 15) is 4.79 Å². The normalized spacial score (nSPS) is 19.2. The predicted molar refractivity (Wildman–Crippen MR) is 74.4 cm³/mol. The monoisotopic (exact) mass is 263 g/mol. The van der Waals surface area contributed by atoms with Crippen LogP contribution in [0.3, 0.4) is 0 Å². The first kappa shape index (κ1) is 13.9. The van der Waals surface area contributed by atoms with E-state index < -0.39 is 0 Å². The Balaban J connectivity index is 1.89. The van der Waals surface area contributed by atoms with Gasteiger partial charge in [-0.1, -0.05) is 0 Å². The predicted octanol–water partition coefficient (Wildman–Crippen LogP) is 2.84. The second kappa shape index (κ2) is 6.57. The number of anilines is 1. The van der Waals surface area contributed by atoms with Crippen molar-refractivity contribution in [3.8, 4) is 5.75 Å². The standard InChI is InChI=1S/C15H21NO3/c1-11(2)19-14-7-5-13(6-8-14)16-15(17)12-4-3-9-18-10-12/h5-8,11-12H,3-4,9-10H2,1-2H3,(H,16,17). The highest BCUT2D eigenvalue weighted by molar-refractivity contribution is 5.92. The van der Waals surface area contributed by atoms with Gasteiger partial charge >= 0.3 is 0 Å². The Bertz CT molecular complexity index is 408. The average Bonchev–Trinajstić information content (AvgIpc) is 2.41. The van der Waals surface area contributed by atoms with Crippen molar-refractivity contribution in [3.63, 3.8) is 0 Å². The first-order valence-electron chi connectivity index (χ1n) is 6.80. The zero-order valence-electron chi connectivity index (χ0n) is 11.5. The molecule has 0 aliphatic carbocycles. The Morgan fingerprint density at radius 1 is 1.37 bits per heavy atom. The lowest BCUT2D eigenvalue weighted by Gasteiger charge is -2.21. The van der Waals surface area contributed by atoms with E-state index in [0.29, 0.717) is 6.61 Å². The molecule has 1 aliphatic rings. The van der Waals surface area contributed by atoms with Gasteiger partial charge in [0.25, 0.3) is 0 Å². The van der Waals surface area contributed by atoms with E-state index in [1.54, 1.807) is 0 Å². The summed E-state index contributed by atoms with van der Waals surface area (Å²) in [5.74, 6) is 0.826. The van der Waals surface area contributed by atoms with E-state index in [-0.39, 0.29) is 17.9 Å². The summed E-state index contributed by atoms with van der Waals surface area (Å²) in [6.45, 7) is 5.27. The molecule has 0 saturated carbocycles. The smallest absolute Gasteiger partial charge is 0.229 e. The molecule has 4 heteroatoms. The Labute approximate surface area is 114 Å². The molecule has 4 nitrogen and oxygen atoms in total. The van der Waals surface area contributed by atoms with Crippen molar-refractivity contribution in [2.75, 3.05) is 18.5 Å². The maximum absolute atomic E-state index is 12.0. The highest BCUT2D eigenvalue weighted by atomic mass is 16.5. The average molecular weight is 263 g/mol. The molecule has 1 aliphatic heterocycles. The second-order valence-electron chi connectivity index (χ2n) is 5.09. The number of rotatable bonds is 4. The summed E-state index contributed by atoms with van der Waals surface area (Å²) >= 11 is 0. The zero-order chi connectivity index (χ0) is 13.7. The van der Waals surface area contributed by atoms with Crippen LogP contribution in [-0.4, -0.2) is 25.2 Å². The minimum Gasteiger partial charge on any atom is -0.491 e. The van der Waals surface area contributed by atoms with Crippen LogP contribution in [0, 0.1) is 5.92 Å². The van der Waals surface area contributed by atoms with E-state index in [0.717, 1.165) is 30.9 Å². The van der Waals surface area contributed by atoms with Crippen molar-refractivity contribution in [1.29, 1.82) is 0 Å². The molecule has 0 spiro atoms. The molecule has 19 heavy (non-hydrogen) atoms. The molecule has 1 saturated heterocycles. The number of carbonyl (C=O) groups is 1. The molecule has 104 valence electrons. The van der Waals surface area contributed by atoms with E-state index in [2.05, 4.69) is 5.32 Å². The molecular formula is C15H21NO3. The minimum absolute atomic E-state index is 0.0275. The summed E-state index contributed by atoms with van der Waals surface area (Å²) in [4.78, 5) is 12.0. The van der Waals surface area contributed by atoms with Crippen LogP contribution < -0.4 is 10.1 Å². The summed E-state index contributed by atoms with van der Waals surface area (Å²) in [5, 5.41) is 2.92. The van der Waals surface area contributed by atoms with E-state index in [1.807, 2.05) is 38.1 Å². The summed E-state index contributed by atoms with van der Waals surface area (Å²) < 4.78 is 10.9. The molecule has 1 atom stereocenters. The van der Waals surface area contributed by atoms with Gasteiger partial charge in [-0.25, -0.2) is 0 Å². The number of nitrogens with one attached hydrogen (secondary N) is 1. The molecule has 1 aromatic rings. The van der Waals surface area contributed by atoms with Crippen molar-refractivity contribution < 1.29 is 14.3 Å². The lowest BCUT2D eigenvalue weighted by Crippen LogP contribution is -2.30. The summed E-state index contributed by atoms with van der Waals surface area (Å²) in [6, 6.07) is 7.46. The van der Waals surface area contributed by atoms with Crippen LogP contribution in [0.15, 0.2) is 24.3 Å². The molecule has 1 amide bonds. The topological polar surface area (TPSA) is 47.6 Å². The lowest BCUT2D eigenvalue weighted by atomic mass is 10.0. The number of hydrogen-bond acceptors (Lipinski definition) is 3. The second-order valence-corrected chi connectivity index (χ2v) is 5.09. The van der Waals surface area contributed by atoms with E-state index in [4.69, 9.17) is 9.47 Å². The van der Waals surface area contributed by atoms with E-state index >= 15 is 0 Å². The molecule has 1 aromatic carbocycles. The first-order valence-corrected chi connectivity index (χ1v) is 6.80. The van der Waals surface area contributed by atoms with Gasteiger partial charge in [0.05, 0.1) is 18.6 Å². The van der Waals surface area contributed by atoms with Crippen LogP contribution in [0.2, 0.25) is 0 Å². The van der Waals surface area contributed by atoms with Gasteiger partial charge in [-0.05, 0) is 51.0 Å². The van der Waals surface area contributed by atoms with Crippen LogP contribution in [0.4, 0.5) is 5.69 Å². The molecule has 1 fully saturated rings. The van der Waals surface area contributed by atoms with E-state index in [1.165, 1.54) is 0 Å². The molecule has 1 unspecified atom stereocenters. The zero-order valence-corrected chi connectivity index (χ0v) is 11.5. The number of ether oxygens (including phenoxy) is 2. The van der Waals surface area contributed by atoms with Crippen LogP contribution in [0.1, 0.15) is 26.7 Å². The molecule has 0 aromatic heterocycles. The third-order valence-corrected chi connectivity index (χ3v) is 3.02. The Morgan fingerprint density at radius 2 is 2.11 bits per heavy atom. The van der Waals surface area contributed by atoms with Crippen molar-refractivity contribution in [1.82, 2.24) is 0 Å². The van der Waals surface area contributed by atoms with Gasteiger partial charge in [-0.15, -0.1) is 0 Å². The highest BCUT2D eigenvalue weighted by Gasteiger charge is 2.21. The van der Waals surface area contributed by atoms with Gasteiger partial charge in [0.1, 0.15) is 5.75 Å². The molecule has 1 heterocycles. The molecule has 2 rings (SSSR count). The molecule has 1 N–H and O–H groups in total. The van der Waals surface area contributed by atoms with Crippen molar-refractivity contribution in [3.05, 3.63) is 24.3 Å². The third-order valence-electron chi connectivity index (χ3n) is 3.02.